The standard InChI is InChI=1S/C27H25N3O2S2/c1-17-22(27(32)30-12-10-25-21(15-30)11-13-33-25)4-3-5-23(17)29-26(31)14-19-6-8-20(9-7-19)24-16-34-18(2)28-24/h3-9,11,13,16H,10,12,14-15H2,1-2H3,(H,29,31). The third-order valence-electron chi connectivity index (χ3n) is 6.17. The third kappa shape index (κ3) is 4.67. The third-order valence-corrected chi connectivity index (χ3v) is 7.96. The first-order chi connectivity index (χ1) is 16.5. The summed E-state index contributed by atoms with van der Waals surface area (Å²) < 4.78 is 0. The van der Waals surface area contributed by atoms with Gasteiger partial charge in [0.15, 0.2) is 0 Å². The van der Waals surface area contributed by atoms with Crippen molar-refractivity contribution in [2.75, 3.05) is 11.9 Å². The molecule has 2 aromatic carbocycles. The van der Waals surface area contributed by atoms with Gasteiger partial charge in [-0.1, -0.05) is 30.3 Å². The Bertz CT molecular complexity index is 1350. The molecule has 0 saturated carbocycles. The Morgan fingerprint density at radius 1 is 1.06 bits per heavy atom. The highest BCUT2D eigenvalue weighted by molar-refractivity contribution is 7.10. The van der Waals surface area contributed by atoms with Crippen molar-refractivity contribution in [2.45, 2.75) is 33.2 Å². The van der Waals surface area contributed by atoms with E-state index in [9.17, 15) is 9.59 Å². The number of carbonyl (C=O) groups is 2. The molecule has 2 aromatic heterocycles. The highest BCUT2D eigenvalue weighted by Crippen LogP contribution is 2.27. The van der Waals surface area contributed by atoms with Crippen molar-refractivity contribution in [2.24, 2.45) is 0 Å². The fraction of sp³-hybridized carbons (Fsp3) is 0.222. The van der Waals surface area contributed by atoms with Gasteiger partial charge in [0.25, 0.3) is 5.91 Å². The van der Waals surface area contributed by atoms with E-state index in [1.165, 1.54) is 10.4 Å². The fourth-order valence-electron chi connectivity index (χ4n) is 4.26. The van der Waals surface area contributed by atoms with Crippen LogP contribution in [0.3, 0.4) is 0 Å². The number of benzene rings is 2. The second-order valence-electron chi connectivity index (χ2n) is 8.50. The predicted molar refractivity (Wildman–Crippen MR) is 139 cm³/mol. The van der Waals surface area contributed by atoms with Crippen LogP contribution in [0.2, 0.25) is 0 Å². The van der Waals surface area contributed by atoms with E-state index in [-0.39, 0.29) is 18.2 Å². The number of aromatic nitrogens is 1. The average molecular weight is 488 g/mol. The summed E-state index contributed by atoms with van der Waals surface area (Å²) in [5, 5.41) is 8.16. The van der Waals surface area contributed by atoms with Gasteiger partial charge in [-0.3, -0.25) is 9.59 Å². The van der Waals surface area contributed by atoms with Gasteiger partial charge in [0.2, 0.25) is 5.91 Å². The number of aryl methyl sites for hydroxylation is 1. The number of amides is 2. The topological polar surface area (TPSA) is 62.3 Å². The lowest BCUT2D eigenvalue weighted by Gasteiger charge is -2.28. The van der Waals surface area contributed by atoms with Gasteiger partial charge in [-0.15, -0.1) is 22.7 Å². The van der Waals surface area contributed by atoms with Gasteiger partial charge < -0.3 is 10.2 Å². The SMILES string of the molecule is Cc1nc(-c2ccc(CC(=O)Nc3cccc(C(=O)N4CCc5sccc5C4)c3C)cc2)cs1. The zero-order valence-electron chi connectivity index (χ0n) is 19.1. The first-order valence-corrected chi connectivity index (χ1v) is 13.0. The highest BCUT2D eigenvalue weighted by Gasteiger charge is 2.24. The number of anilines is 1. The lowest BCUT2D eigenvalue weighted by molar-refractivity contribution is -0.115. The van der Waals surface area contributed by atoms with Gasteiger partial charge in [0, 0.05) is 40.2 Å². The predicted octanol–water partition coefficient (Wildman–Crippen LogP) is 5.87. The molecule has 0 aliphatic carbocycles. The summed E-state index contributed by atoms with van der Waals surface area (Å²) in [6, 6.07) is 15.6. The minimum atomic E-state index is -0.106. The van der Waals surface area contributed by atoms with E-state index in [0.29, 0.717) is 17.8 Å². The largest absolute Gasteiger partial charge is 0.334 e. The molecule has 0 unspecified atom stereocenters. The van der Waals surface area contributed by atoms with Crippen LogP contribution in [0.15, 0.2) is 59.3 Å². The van der Waals surface area contributed by atoms with Crippen molar-refractivity contribution in [1.29, 1.82) is 0 Å². The van der Waals surface area contributed by atoms with Crippen molar-refractivity contribution >= 4 is 40.2 Å². The molecule has 1 N–H and O–H groups in total. The smallest absolute Gasteiger partial charge is 0.254 e. The molecule has 1 aliphatic heterocycles. The molecule has 4 aromatic rings. The summed E-state index contributed by atoms with van der Waals surface area (Å²) in [7, 11) is 0. The Hall–Kier alpha value is -3.29. The van der Waals surface area contributed by atoms with Crippen LogP contribution in [-0.4, -0.2) is 28.2 Å². The van der Waals surface area contributed by atoms with Crippen LogP contribution in [0.4, 0.5) is 5.69 Å². The number of nitrogens with one attached hydrogen (secondary N) is 1. The molecule has 0 saturated heterocycles. The summed E-state index contributed by atoms with van der Waals surface area (Å²) in [6.07, 6.45) is 1.16. The summed E-state index contributed by atoms with van der Waals surface area (Å²) in [4.78, 5) is 33.8. The first-order valence-electron chi connectivity index (χ1n) is 11.2. The normalized spacial score (nSPS) is 12.9. The summed E-state index contributed by atoms with van der Waals surface area (Å²) in [6.45, 7) is 5.25. The van der Waals surface area contributed by atoms with Crippen LogP contribution in [0.25, 0.3) is 11.3 Å². The molecular weight excluding hydrogens is 462 g/mol. The van der Waals surface area contributed by atoms with Crippen molar-refractivity contribution < 1.29 is 9.59 Å². The van der Waals surface area contributed by atoms with E-state index in [1.807, 2.05) is 66.6 Å². The Kier molecular flexibility index (Phi) is 6.30. The number of rotatable bonds is 5. The zero-order chi connectivity index (χ0) is 23.7. The maximum absolute atomic E-state index is 13.2. The number of nitrogens with zero attached hydrogens (tertiary/aromatic N) is 2. The van der Waals surface area contributed by atoms with Crippen molar-refractivity contribution in [3.8, 4) is 11.3 Å². The van der Waals surface area contributed by atoms with Crippen LogP contribution >= 0.6 is 22.7 Å². The van der Waals surface area contributed by atoms with Crippen molar-refractivity contribution in [3.63, 3.8) is 0 Å². The molecule has 5 rings (SSSR count). The average Bonchev–Trinajstić information content (AvgIpc) is 3.49. The first kappa shape index (κ1) is 22.5. The summed E-state index contributed by atoms with van der Waals surface area (Å²) >= 11 is 3.38. The lowest BCUT2D eigenvalue weighted by atomic mass is 10.0. The number of hydrogen-bond donors (Lipinski definition) is 1. The van der Waals surface area contributed by atoms with Gasteiger partial charge in [0.05, 0.1) is 17.1 Å². The molecule has 172 valence electrons. The van der Waals surface area contributed by atoms with E-state index in [1.54, 1.807) is 22.7 Å². The molecule has 0 fully saturated rings. The number of fused-ring (bicyclic) bond motifs is 1. The molecule has 0 bridgehead atoms. The molecule has 34 heavy (non-hydrogen) atoms. The molecular formula is C27H25N3O2S2. The monoisotopic (exact) mass is 487 g/mol. The van der Waals surface area contributed by atoms with Gasteiger partial charge >= 0.3 is 0 Å². The lowest BCUT2D eigenvalue weighted by Crippen LogP contribution is -2.35. The molecule has 5 nitrogen and oxygen atoms in total. The molecule has 0 radical (unpaired) electrons. The van der Waals surface area contributed by atoms with Gasteiger partial charge in [-0.2, -0.15) is 0 Å². The minimum absolute atomic E-state index is 0.0123. The molecule has 3 heterocycles. The van der Waals surface area contributed by atoms with E-state index in [0.717, 1.165) is 40.4 Å². The van der Waals surface area contributed by atoms with E-state index in [4.69, 9.17) is 0 Å². The Morgan fingerprint density at radius 2 is 1.88 bits per heavy atom. The van der Waals surface area contributed by atoms with Crippen LogP contribution < -0.4 is 5.32 Å². The number of thiophene rings is 1. The second-order valence-corrected chi connectivity index (χ2v) is 10.6. The minimum Gasteiger partial charge on any atom is -0.334 e. The van der Waals surface area contributed by atoms with Crippen molar-refractivity contribution in [1.82, 2.24) is 9.88 Å². The number of carbonyl (C=O) groups excluding carboxylic acids is 2. The quantitative estimate of drug-likeness (QED) is 0.383. The van der Waals surface area contributed by atoms with Gasteiger partial charge in [0.1, 0.15) is 0 Å². The van der Waals surface area contributed by atoms with Crippen LogP contribution in [0.1, 0.15) is 36.9 Å². The molecule has 0 atom stereocenters. The molecule has 7 heteroatoms. The molecule has 1 aliphatic rings. The second kappa shape index (κ2) is 9.52. The van der Waals surface area contributed by atoms with E-state index in [2.05, 4.69) is 21.7 Å². The Balaban J connectivity index is 1.25. The maximum Gasteiger partial charge on any atom is 0.254 e. The Morgan fingerprint density at radius 3 is 2.65 bits per heavy atom. The summed E-state index contributed by atoms with van der Waals surface area (Å²) in [5.74, 6) is -0.0934. The number of hydrogen-bond acceptors (Lipinski definition) is 5. The van der Waals surface area contributed by atoms with E-state index < -0.39 is 0 Å². The van der Waals surface area contributed by atoms with Gasteiger partial charge in [-0.25, -0.2) is 4.98 Å². The molecule has 2 amide bonds. The van der Waals surface area contributed by atoms with Crippen LogP contribution in [0, 0.1) is 13.8 Å². The maximum atomic E-state index is 13.2. The van der Waals surface area contributed by atoms with Crippen LogP contribution in [0.5, 0.6) is 0 Å². The zero-order valence-corrected chi connectivity index (χ0v) is 20.8. The van der Waals surface area contributed by atoms with Crippen molar-refractivity contribution in [3.05, 3.63) is 91.4 Å². The highest BCUT2D eigenvalue weighted by atomic mass is 32.1. The van der Waals surface area contributed by atoms with E-state index >= 15 is 0 Å². The molecule has 0 spiro atoms. The Labute approximate surface area is 207 Å². The van der Waals surface area contributed by atoms with Crippen LogP contribution in [-0.2, 0) is 24.2 Å². The fourth-order valence-corrected chi connectivity index (χ4v) is 5.78. The van der Waals surface area contributed by atoms with Gasteiger partial charge in [-0.05, 0) is 60.5 Å². The number of thiazole rings is 1. The summed E-state index contributed by atoms with van der Waals surface area (Å²) in [5.41, 5.74) is 6.28.